The van der Waals surface area contributed by atoms with Crippen LogP contribution in [0.5, 0.6) is 40.2 Å². The zero-order valence-electron chi connectivity index (χ0n) is 35.2. The number of phenolic OH excluding ortho intramolecular Hbond substituents is 4. The number of phenols is 4. The number of aliphatic hydroxyl groups is 8. The van der Waals surface area contributed by atoms with Gasteiger partial charge in [0, 0.05) is 23.8 Å². The zero-order chi connectivity index (χ0) is 48.4. The lowest BCUT2D eigenvalue weighted by Crippen LogP contribution is -2.64. The molecule has 24 nitrogen and oxygen atoms in total. The number of ether oxygens (including phenoxy) is 9. The van der Waals surface area contributed by atoms with Crippen LogP contribution in [-0.2, 0) is 33.2 Å². The van der Waals surface area contributed by atoms with E-state index in [1.54, 1.807) is 0 Å². The molecule has 0 bridgehead atoms. The molecule has 2 aromatic rings. The van der Waals surface area contributed by atoms with Gasteiger partial charge < -0.3 is 108 Å². The molecule has 1 aliphatic carbocycles. The van der Waals surface area contributed by atoms with Crippen molar-refractivity contribution in [1.82, 2.24) is 0 Å². The molecule has 4 heterocycles. The Labute approximate surface area is 378 Å². The van der Waals surface area contributed by atoms with Crippen LogP contribution in [0, 0.1) is 0 Å². The molecule has 7 rings (SSSR count). The van der Waals surface area contributed by atoms with Crippen LogP contribution in [0.4, 0.5) is 0 Å². The molecular formula is C43H48O24. The number of hydrogen-bond donors (Lipinski definition) is 12. The number of rotatable bonds is 14. The summed E-state index contributed by atoms with van der Waals surface area (Å²) in [6.45, 7) is -2.01. The van der Waals surface area contributed by atoms with Crippen molar-refractivity contribution in [3.05, 3.63) is 70.4 Å². The van der Waals surface area contributed by atoms with Crippen LogP contribution in [-0.4, -0.2) is 187 Å². The van der Waals surface area contributed by atoms with Gasteiger partial charge in [-0.1, -0.05) is 0 Å². The van der Waals surface area contributed by atoms with Gasteiger partial charge in [0.05, 0.1) is 33.0 Å². The number of methoxy groups -OCH3 is 2. The molecule has 0 saturated carbocycles. The summed E-state index contributed by atoms with van der Waals surface area (Å²) >= 11 is 0. The largest absolute Gasteiger partial charge is 0.507 e. The normalized spacial score (nSPS) is 31.1. The summed E-state index contributed by atoms with van der Waals surface area (Å²) in [5.41, 5.74) is -0.334. The smallest absolute Gasteiger partial charge is 0.330 e. The van der Waals surface area contributed by atoms with E-state index in [2.05, 4.69) is 0 Å². The molecule has 0 unspecified atom stereocenters. The highest BCUT2D eigenvalue weighted by atomic mass is 16.8. The van der Waals surface area contributed by atoms with Crippen LogP contribution in [0.3, 0.4) is 0 Å². The summed E-state index contributed by atoms with van der Waals surface area (Å²) in [5.74, 6) is -3.54. The van der Waals surface area contributed by atoms with E-state index in [-0.39, 0.29) is 45.6 Å². The number of hydrogen-bond acceptors (Lipinski definition) is 24. The topological polar surface area (TPSA) is 373 Å². The van der Waals surface area contributed by atoms with Crippen LogP contribution in [0.1, 0.15) is 5.56 Å². The first-order valence-corrected chi connectivity index (χ1v) is 20.3. The second-order valence-electron chi connectivity index (χ2n) is 15.6. The van der Waals surface area contributed by atoms with Gasteiger partial charge in [0.15, 0.2) is 58.6 Å². The third-order valence-electron chi connectivity index (χ3n) is 11.1. The molecule has 0 amide bonds. The van der Waals surface area contributed by atoms with Crippen molar-refractivity contribution < 1.29 is 113 Å². The van der Waals surface area contributed by atoms with Gasteiger partial charge in [0.25, 0.3) is 0 Å². The van der Waals surface area contributed by atoms with Crippen LogP contribution in [0.2, 0.25) is 0 Å². The maximum absolute atomic E-state index is 12.7. The highest BCUT2D eigenvalue weighted by Gasteiger charge is 2.52. The van der Waals surface area contributed by atoms with Gasteiger partial charge >= 0.3 is 5.97 Å². The molecule has 24 heteroatoms. The second-order valence-corrected chi connectivity index (χ2v) is 15.6. The van der Waals surface area contributed by atoms with E-state index in [0.717, 1.165) is 30.3 Å². The number of carbonyl (C=O) groups is 1. The molecule has 0 radical (unpaired) electrons. The first-order valence-electron chi connectivity index (χ1n) is 20.3. The molecule has 2 aromatic carbocycles. The zero-order valence-corrected chi connectivity index (χ0v) is 35.2. The number of aliphatic hydroxyl groups excluding tert-OH is 8. The van der Waals surface area contributed by atoms with Gasteiger partial charge in [-0.3, -0.25) is 4.79 Å². The van der Waals surface area contributed by atoms with Crippen molar-refractivity contribution in [3.63, 3.8) is 0 Å². The standard InChI is InChI=1S/C43H48O24/c1-58-25-7-16(8-26(59-2)32(25)51)3-6-30(49)60-14-28-33(52)35(54)38(57)41(65-28)62-15-29-34(53)36(55)40(67-42-37(56)31(50)23(48)13-61-42)43(66-29)64-27-12-19-21(46)10-18(44)11-24(19)63-39(27)17-4-5-20(45)22(47)9-17/h3-12,23,28-29,31,33-38,40-43,45-48,50-57H,13-15H2,1-2H3/t23-,28-,29-,31+,33-,34+,35+,36+,37-,38-,40-,41-,42+,43-/m1/s1. The number of benzene rings is 3. The molecule has 14 atom stereocenters. The van der Waals surface area contributed by atoms with Crippen LogP contribution in [0.15, 0.2) is 63.8 Å². The Kier molecular flexibility index (Phi) is 15.1. The van der Waals surface area contributed by atoms with Crippen molar-refractivity contribution >= 4 is 12.0 Å². The predicted molar refractivity (Wildman–Crippen MR) is 220 cm³/mol. The lowest BCUT2D eigenvalue weighted by Gasteiger charge is -2.45. The maximum Gasteiger partial charge on any atom is 0.330 e. The van der Waals surface area contributed by atoms with E-state index in [4.69, 9.17) is 47.0 Å². The van der Waals surface area contributed by atoms with Gasteiger partial charge in [0.2, 0.25) is 12.0 Å². The van der Waals surface area contributed by atoms with Gasteiger partial charge in [0.1, 0.15) is 79.2 Å². The van der Waals surface area contributed by atoms with E-state index in [1.165, 1.54) is 44.6 Å². The lowest BCUT2D eigenvalue weighted by molar-refractivity contribution is -0.353. The summed E-state index contributed by atoms with van der Waals surface area (Å²) in [4.78, 5) is 25.0. The minimum absolute atomic E-state index is 0.0268. The Bertz CT molecular complexity index is 2400. The average molecular weight is 949 g/mol. The molecule has 5 aliphatic rings. The molecule has 12 N–H and O–H groups in total. The molecule has 3 saturated heterocycles. The second kappa shape index (κ2) is 20.6. The fraction of sp³-hybridized carbons (Fsp3) is 0.442. The summed E-state index contributed by atoms with van der Waals surface area (Å²) in [5, 5.41) is 127. The fourth-order valence-electron chi connectivity index (χ4n) is 7.36. The predicted octanol–water partition coefficient (Wildman–Crippen LogP) is -2.02. The number of fused-ring (bicyclic) bond motifs is 1. The third kappa shape index (κ3) is 10.5. The van der Waals surface area contributed by atoms with E-state index in [0.29, 0.717) is 5.56 Å². The monoisotopic (exact) mass is 948 g/mol. The molecule has 67 heavy (non-hydrogen) atoms. The van der Waals surface area contributed by atoms with Crippen LogP contribution < -0.4 is 19.6 Å². The number of esters is 1. The van der Waals surface area contributed by atoms with Gasteiger partial charge in [-0.25, -0.2) is 4.79 Å². The molecule has 4 aliphatic heterocycles. The first kappa shape index (κ1) is 49.1. The molecule has 0 spiro atoms. The fourth-order valence-corrected chi connectivity index (χ4v) is 7.36. The molecule has 364 valence electrons. The maximum atomic E-state index is 12.7. The minimum atomic E-state index is -2.05. The number of carbonyl (C=O) groups excluding carboxylic acids is 1. The molecule has 0 aromatic heterocycles. The summed E-state index contributed by atoms with van der Waals surface area (Å²) in [7, 11) is 2.63. The van der Waals surface area contributed by atoms with E-state index in [1.807, 2.05) is 0 Å². The van der Waals surface area contributed by atoms with Crippen LogP contribution in [0.25, 0.3) is 28.7 Å². The minimum Gasteiger partial charge on any atom is -0.507 e. The Balaban J connectivity index is 1.12. The van der Waals surface area contributed by atoms with Crippen molar-refractivity contribution in [2.75, 3.05) is 34.0 Å². The van der Waals surface area contributed by atoms with E-state index in [9.17, 15) is 70.9 Å². The summed E-state index contributed by atoms with van der Waals surface area (Å²) in [6.07, 6.45) is -23.2. The summed E-state index contributed by atoms with van der Waals surface area (Å²) in [6, 6.07) is 9.38. The van der Waals surface area contributed by atoms with Gasteiger partial charge in [-0.05, 0) is 48.0 Å². The van der Waals surface area contributed by atoms with E-state index < -0.39 is 134 Å². The lowest BCUT2D eigenvalue weighted by atomic mass is 9.97. The Hall–Kier alpha value is -5.84. The number of aromatic hydroxyl groups is 4. The average Bonchev–Trinajstić information content (AvgIpc) is 3.30. The van der Waals surface area contributed by atoms with Crippen molar-refractivity contribution in [3.8, 4) is 62.9 Å². The van der Waals surface area contributed by atoms with Crippen molar-refractivity contribution in [2.45, 2.75) is 86.0 Å². The van der Waals surface area contributed by atoms with Crippen molar-refractivity contribution in [2.24, 2.45) is 0 Å². The van der Waals surface area contributed by atoms with Gasteiger partial charge in [-0.2, -0.15) is 0 Å². The Morgan fingerprint density at radius 3 is 2.03 bits per heavy atom. The third-order valence-corrected chi connectivity index (χ3v) is 11.1. The molecule has 3 fully saturated rings. The quantitative estimate of drug-likeness (QED) is 0.0369. The molecular weight excluding hydrogens is 900 g/mol. The highest BCUT2D eigenvalue weighted by Crippen LogP contribution is 2.44. The van der Waals surface area contributed by atoms with E-state index >= 15 is 0 Å². The Morgan fingerprint density at radius 1 is 0.687 bits per heavy atom. The SMILES string of the molecule is COc1cc(C=CC(=O)OC[C@H]2O[C@@H](OC[C@H]3O[C@@H](Oc4cc5c(O)cc(=O)cc-5oc4-c4ccc(O)c(O)c4)[C@H](O[C@@H]4OC[C@@H](O)[C@H](O)[C@H]4O)[C@@H](O)[C@H]3O)[C@H](O)[C@@H](O)[C@@H]2O)cc(OC)c1O. The Morgan fingerprint density at radius 2 is 1.34 bits per heavy atom. The van der Waals surface area contributed by atoms with Crippen molar-refractivity contribution in [1.29, 1.82) is 0 Å². The highest BCUT2D eigenvalue weighted by molar-refractivity contribution is 5.87. The first-order chi connectivity index (χ1) is 31.9. The van der Waals surface area contributed by atoms with Crippen LogP contribution >= 0.6 is 0 Å². The summed E-state index contributed by atoms with van der Waals surface area (Å²) < 4.78 is 56.2. The van der Waals surface area contributed by atoms with Gasteiger partial charge in [-0.15, -0.1) is 0 Å².